The average molecular weight is 334 g/mol. The van der Waals surface area contributed by atoms with Crippen LogP contribution in [0.15, 0.2) is 18.2 Å². The molecule has 0 aliphatic carbocycles. The van der Waals surface area contributed by atoms with Gasteiger partial charge in [0, 0.05) is 24.2 Å². The molecule has 0 saturated carbocycles. The van der Waals surface area contributed by atoms with Crippen LogP contribution >= 0.6 is 0 Å². The van der Waals surface area contributed by atoms with Gasteiger partial charge in [-0.2, -0.15) is 0 Å². The Kier molecular flexibility index (Phi) is 6.49. The highest BCUT2D eigenvalue weighted by Gasteiger charge is 2.30. The van der Waals surface area contributed by atoms with Gasteiger partial charge in [0.15, 0.2) is 11.5 Å². The predicted molar refractivity (Wildman–Crippen MR) is 95.7 cm³/mol. The van der Waals surface area contributed by atoms with Crippen molar-refractivity contribution in [1.29, 1.82) is 0 Å². The molecule has 1 aliphatic rings. The predicted octanol–water partition coefficient (Wildman–Crippen LogP) is 3.07. The van der Waals surface area contributed by atoms with Crippen LogP contribution in [0.4, 0.5) is 0 Å². The lowest BCUT2D eigenvalue weighted by molar-refractivity contribution is 0.0583. The van der Waals surface area contributed by atoms with E-state index in [9.17, 15) is 4.79 Å². The zero-order valence-corrected chi connectivity index (χ0v) is 15.2. The zero-order chi connectivity index (χ0) is 17.7. The van der Waals surface area contributed by atoms with Gasteiger partial charge in [-0.15, -0.1) is 0 Å². The van der Waals surface area contributed by atoms with E-state index in [1.165, 1.54) is 0 Å². The summed E-state index contributed by atoms with van der Waals surface area (Å²) in [6.45, 7) is 7.53. The van der Waals surface area contributed by atoms with Crippen LogP contribution in [0.25, 0.3) is 0 Å². The maximum absolute atomic E-state index is 12.9. The molecule has 0 radical (unpaired) electrons. The van der Waals surface area contributed by atoms with Gasteiger partial charge in [0.05, 0.1) is 13.7 Å². The van der Waals surface area contributed by atoms with E-state index in [-0.39, 0.29) is 18.0 Å². The molecule has 0 bridgehead atoms. The lowest BCUT2D eigenvalue weighted by Gasteiger charge is -2.38. The second-order valence-corrected chi connectivity index (χ2v) is 6.99. The van der Waals surface area contributed by atoms with Crippen molar-refractivity contribution >= 4 is 5.91 Å². The van der Waals surface area contributed by atoms with Gasteiger partial charge < -0.3 is 20.1 Å². The van der Waals surface area contributed by atoms with Crippen LogP contribution in [-0.4, -0.2) is 43.2 Å². The molecule has 2 atom stereocenters. The molecule has 134 valence electrons. The number of amides is 1. The number of rotatable bonds is 6. The molecule has 1 amide bonds. The minimum absolute atomic E-state index is 0.0192. The summed E-state index contributed by atoms with van der Waals surface area (Å²) in [5.41, 5.74) is 6.70. The smallest absolute Gasteiger partial charge is 0.254 e. The Bertz CT molecular complexity index is 558. The van der Waals surface area contributed by atoms with Gasteiger partial charge in [-0.25, -0.2) is 0 Å². The molecule has 1 aromatic rings. The first kappa shape index (κ1) is 18.6. The van der Waals surface area contributed by atoms with Gasteiger partial charge in [-0.1, -0.05) is 13.8 Å². The summed E-state index contributed by atoms with van der Waals surface area (Å²) < 4.78 is 11.2. The van der Waals surface area contributed by atoms with Crippen LogP contribution in [0, 0.1) is 5.92 Å². The fourth-order valence-corrected chi connectivity index (χ4v) is 3.10. The Balaban J connectivity index is 2.19. The first-order chi connectivity index (χ1) is 11.4. The molecule has 2 unspecified atom stereocenters. The van der Waals surface area contributed by atoms with Crippen molar-refractivity contribution < 1.29 is 14.3 Å². The van der Waals surface area contributed by atoms with E-state index in [4.69, 9.17) is 15.2 Å². The minimum Gasteiger partial charge on any atom is -0.493 e. The molecule has 1 saturated heterocycles. The van der Waals surface area contributed by atoms with Crippen molar-refractivity contribution in [2.24, 2.45) is 11.7 Å². The Morgan fingerprint density at radius 2 is 2.04 bits per heavy atom. The second kappa shape index (κ2) is 8.38. The van der Waals surface area contributed by atoms with Gasteiger partial charge >= 0.3 is 0 Å². The quantitative estimate of drug-likeness (QED) is 0.868. The maximum atomic E-state index is 12.9. The molecule has 2 rings (SSSR count). The number of carbonyl (C=O) groups excluding carboxylic acids is 1. The van der Waals surface area contributed by atoms with Gasteiger partial charge in [-0.3, -0.25) is 4.79 Å². The molecule has 5 heteroatoms. The molecule has 1 fully saturated rings. The summed E-state index contributed by atoms with van der Waals surface area (Å²) in [4.78, 5) is 14.8. The van der Waals surface area contributed by atoms with Gasteiger partial charge in [0.25, 0.3) is 5.91 Å². The van der Waals surface area contributed by atoms with Crippen molar-refractivity contribution in [3.05, 3.63) is 23.8 Å². The number of methoxy groups -OCH3 is 1. The summed E-state index contributed by atoms with van der Waals surface area (Å²) in [6.07, 6.45) is 3.12. The van der Waals surface area contributed by atoms with E-state index in [1.54, 1.807) is 13.2 Å². The topological polar surface area (TPSA) is 64.8 Å². The molecule has 24 heavy (non-hydrogen) atoms. The largest absolute Gasteiger partial charge is 0.493 e. The summed E-state index contributed by atoms with van der Waals surface area (Å²) in [5, 5.41) is 0. The summed E-state index contributed by atoms with van der Waals surface area (Å²) >= 11 is 0. The fraction of sp³-hybridized carbons (Fsp3) is 0.632. The zero-order valence-electron chi connectivity index (χ0n) is 15.2. The van der Waals surface area contributed by atoms with Crippen LogP contribution < -0.4 is 15.2 Å². The molecule has 0 spiro atoms. The third kappa shape index (κ3) is 4.41. The Labute approximate surface area is 145 Å². The molecule has 5 nitrogen and oxygen atoms in total. The molecule has 1 aliphatic heterocycles. The van der Waals surface area contributed by atoms with E-state index in [0.717, 1.165) is 25.8 Å². The van der Waals surface area contributed by atoms with E-state index in [0.29, 0.717) is 29.6 Å². The van der Waals surface area contributed by atoms with Crippen LogP contribution in [0.2, 0.25) is 0 Å². The molecule has 1 aromatic carbocycles. The number of carbonyl (C=O) groups is 1. The van der Waals surface area contributed by atoms with Crippen LogP contribution in [0.5, 0.6) is 11.5 Å². The molecule has 1 heterocycles. The Hall–Kier alpha value is -1.75. The number of piperidine rings is 1. The average Bonchev–Trinajstić information content (AvgIpc) is 2.59. The fourth-order valence-electron chi connectivity index (χ4n) is 3.10. The van der Waals surface area contributed by atoms with E-state index < -0.39 is 0 Å². The second-order valence-electron chi connectivity index (χ2n) is 6.99. The highest BCUT2D eigenvalue weighted by Crippen LogP contribution is 2.30. The van der Waals surface area contributed by atoms with E-state index >= 15 is 0 Å². The summed E-state index contributed by atoms with van der Waals surface area (Å²) in [5.74, 6) is 1.71. The number of nitrogens with zero attached hydrogens (tertiary/aromatic N) is 1. The van der Waals surface area contributed by atoms with Crippen molar-refractivity contribution in [3.8, 4) is 11.5 Å². The van der Waals surface area contributed by atoms with Crippen LogP contribution in [0.1, 0.15) is 50.4 Å². The summed E-state index contributed by atoms with van der Waals surface area (Å²) in [7, 11) is 1.59. The first-order valence-electron chi connectivity index (χ1n) is 8.81. The van der Waals surface area contributed by atoms with E-state index in [2.05, 4.69) is 13.8 Å². The number of hydrogen-bond acceptors (Lipinski definition) is 4. The standard InChI is InChI=1S/C19H30N2O3/c1-13(2)12-24-17-9-8-15(11-18(17)23-4)19(22)21-10-6-5-7-16(21)14(3)20/h8-9,11,13-14,16H,5-7,10,12,20H2,1-4H3. The van der Waals surface area contributed by atoms with Crippen LogP contribution in [0.3, 0.4) is 0 Å². The van der Waals surface area contributed by atoms with Crippen molar-refractivity contribution in [1.82, 2.24) is 4.90 Å². The normalized spacial score (nSPS) is 19.2. The number of hydrogen-bond donors (Lipinski definition) is 1. The first-order valence-corrected chi connectivity index (χ1v) is 8.81. The highest BCUT2D eigenvalue weighted by molar-refractivity contribution is 5.95. The Morgan fingerprint density at radius 1 is 1.29 bits per heavy atom. The number of ether oxygens (including phenoxy) is 2. The van der Waals surface area contributed by atoms with Crippen molar-refractivity contribution in [2.45, 2.75) is 52.1 Å². The number of benzene rings is 1. The van der Waals surface area contributed by atoms with E-state index in [1.807, 2.05) is 24.0 Å². The molecular formula is C19H30N2O3. The lowest BCUT2D eigenvalue weighted by Crippen LogP contribution is -2.51. The maximum Gasteiger partial charge on any atom is 0.254 e. The van der Waals surface area contributed by atoms with Gasteiger partial charge in [0.2, 0.25) is 0 Å². The lowest BCUT2D eigenvalue weighted by atomic mass is 9.96. The molecular weight excluding hydrogens is 304 g/mol. The minimum atomic E-state index is -0.0233. The van der Waals surface area contributed by atoms with Crippen LogP contribution in [-0.2, 0) is 0 Å². The van der Waals surface area contributed by atoms with Gasteiger partial charge in [-0.05, 0) is 50.3 Å². The summed E-state index contributed by atoms with van der Waals surface area (Å²) in [6, 6.07) is 5.48. The number of likely N-dealkylation sites (tertiary alicyclic amines) is 1. The number of nitrogens with two attached hydrogens (primary N) is 1. The molecule has 0 aromatic heterocycles. The monoisotopic (exact) mass is 334 g/mol. The molecule has 2 N–H and O–H groups in total. The Morgan fingerprint density at radius 3 is 2.67 bits per heavy atom. The third-order valence-corrected chi connectivity index (χ3v) is 4.40. The van der Waals surface area contributed by atoms with Crippen molar-refractivity contribution in [3.63, 3.8) is 0 Å². The van der Waals surface area contributed by atoms with Crippen molar-refractivity contribution in [2.75, 3.05) is 20.3 Å². The highest BCUT2D eigenvalue weighted by atomic mass is 16.5. The SMILES string of the molecule is COc1cc(C(=O)N2CCCCC2C(C)N)ccc1OCC(C)C. The third-order valence-electron chi connectivity index (χ3n) is 4.40. The van der Waals surface area contributed by atoms with Gasteiger partial charge in [0.1, 0.15) is 0 Å².